The van der Waals surface area contributed by atoms with E-state index in [1.807, 2.05) is 26.8 Å². The Labute approximate surface area is 233 Å². The molecule has 0 fully saturated rings. The number of anilines is 1. The molecular formula is C29H45N3O6S. The van der Waals surface area contributed by atoms with Gasteiger partial charge in [0.1, 0.15) is 5.75 Å². The summed E-state index contributed by atoms with van der Waals surface area (Å²) in [6, 6.07) is 12.0. The molecule has 0 unspecified atom stereocenters. The largest absolute Gasteiger partial charge is 0.505 e. The van der Waals surface area contributed by atoms with E-state index < -0.39 is 21.7 Å². The second-order valence-electron chi connectivity index (χ2n) is 10.7. The number of phenolic OH excluding ortho intramolecular Hbond substituents is 1. The van der Waals surface area contributed by atoms with Gasteiger partial charge in [0.2, 0.25) is 16.4 Å². The Kier molecular flexibility index (Phi) is 13.9. The maximum Gasteiger partial charge on any atom is 0.241 e. The normalized spacial score (nSPS) is 12.8. The van der Waals surface area contributed by atoms with Crippen LogP contribution < -0.4 is 15.4 Å². The molecule has 1 amide bonds. The highest BCUT2D eigenvalue weighted by Gasteiger charge is 2.22. The number of aryl methyl sites for hydroxylation is 1. The van der Waals surface area contributed by atoms with Crippen molar-refractivity contribution in [2.45, 2.75) is 82.3 Å². The van der Waals surface area contributed by atoms with Gasteiger partial charge < -0.3 is 25.6 Å². The lowest BCUT2D eigenvalue weighted by molar-refractivity contribution is -0.105. The molecule has 1 atom stereocenters. The Morgan fingerprint density at radius 2 is 1.67 bits per heavy atom. The number of aromatic hydroxyl groups is 1. The SMILES string of the molecule is CC(C)(C)NS(=O)(=O)c1cccc(CCCCOCCCCCCNC[C@@H](O)c2cccc(NC=O)c2O)c1. The van der Waals surface area contributed by atoms with E-state index in [0.29, 0.717) is 30.0 Å². The quantitative estimate of drug-likeness (QED) is 0.0978. The van der Waals surface area contributed by atoms with Crippen LogP contribution >= 0.6 is 0 Å². The Hall–Kier alpha value is -2.50. The van der Waals surface area contributed by atoms with Crippen molar-refractivity contribution in [3.05, 3.63) is 53.6 Å². The van der Waals surface area contributed by atoms with Gasteiger partial charge in [-0.1, -0.05) is 37.1 Å². The number of nitrogens with one attached hydrogen (secondary N) is 3. The molecule has 9 nitrogen and oxygen atoms in total. The van der Waals surface area contributed by atoms with E-state index in [0.717, 1.165) is 63.7 Å². The number of carbonyl (C=O) groups excluding carboxylic acids is 1. The van der Waals surface area contributed by atoms with Gasteiger partial charge in [0.25, 0.3) is 0 Å². The third-order valence-electron chi connectivity index (χ3n) is 6.02. The second kappa shape index (κ2) is 16.6. The first kappa shape index (κ1) is 32.7. The van der Waals surface area contributed by atoms with E-state index >= 15 is 0 Å². The van der Waals surface area contributed by atoms with Crippen LogP contribution in [0.2, 0.25) is 0 Å². The molecule has 0 aliphatic rings. The predicted octanol–water partition coefficient (Wildman–Crippen LogP) is 4.26. The Morgan fingerprint density at radius 1 is 0.974 bits per heavy atom. The van der Waals surface area contributed by atoms with E-state index in [9.17, 15) is 23.4 Å². The van der Waals surface area contributed by atoms with Crippen LogP contribution in [-0.4, -0.2) is 56.9 Å². The first-order chi connectivity index (χ1) is 18.5. The molecule has 5 N–H and O–H groups in total. The minimum atomic E-state index is -3.53. The number of para-hydroxylation sites is 1. The molecule has 0 aliphatic heterocycles. The number of unbranched alkanes of at least 4 members (excludes halogenated alkanes) is 4. The molecular weight excluding hydrogens is 518 g/mol. The van der Waals surface area contributed by atoms with Crippen molar-refractivity contribution in [1.82, 2.24) is 10.0 Å². The smallest absolute Gasteiger partial charge is 0.241 e. The summed E-state index contributed by atoms with van der Waals surface area (Å²) in [5, 5.41) is 26.1. The topological polar surface area (TPSA) is 137 Å². The Bertz CT molecular complexity index is 1120. The number of aliphatic hydroxyl groups is 1. The third-order valence-corrected chi connectivity index (χ3v) is 7.78. The average molecular weight is 564 g/mol. The van der Waals surface area contributed by atoms with Crippen LogP contribution in [0.3, 0.4) is 0 Å². The molecule has 0 spiro atoms. The fourth-order valence-electron chi connectivity index (χ4n) is 4.13. The van der Waals surface area contributed by atoms with Gasteiger partial charge in [-0.3, -0.25) is 4.79 Å². The molecule has 39 heavy (non-hydrogen) atoms. The highest BCUT2D eigenvalue weighted by atomic mass is 32.2. The number of amides is 1. The van der Waals surface area contributed by atoms with Gasteiger partial charge in [0.05, 0.1) is 16.7 Å². The summed E-state index contributed by atoms with van der Waals surface area (Å²) in [4.78, 5) is 10.9. The van der Waals surface area contributed by atoms with Gasteiger partial charge in [-0.2, -0.15) is 0 Å². The van der Waals surface area contributed by atoms with Gasteiger partial charge in [0, 0.05) is 30.9 Å². The van der Waals surface area contributed by atoms with E-state index in [2.05, 4.69) is 15.4 Å². The zero-order chi connectivity index (χ0) is 28.7. The van der Waals surface area contributed by atoms with Crippen LogP contribution in [-0.2, 0) is 26.0 Å². The molecule has 0 heterocycles. The summed E-state index contributed by atoms with van der Waals surface area (Å²) in [7, 11) is -3.53. The lowest BCUT2D eigenvalue weighted by Crippen LogP contribution is -2.40. The van der Waals surface area contributed by atoms with Crippen molar-refractivity contribution in [2.75, 3.05) is 31.6 Å². The number of aliphatic hydroxyl groups excluding tert-OH is 1. The molecule has 0 aliphatic carbocycles. The van der Waals surface area contributed by atoms with Crippen molar-refractivity contribution in [2.24, 2.45) is 0 Å². The summed E-state index contributed by atoms with van der Waals surface area (Å²) in [5.41, 5.74) is 1.13. The van der Waals surface area contributed by atoms with Crippen molar-refractivity contribution >= 4 is 22.1 Å². The highest BCUT2D eigenvalue weighted by Crippen LogP contribution is 2.31. The molecule has 218 valence electrons. The van der Waals surface area contributed by atoms with Gasteiger partial charge in [-0.15, -0.1) is 0 Å². The minimum absolute atomic E-state index is 0.118. The molecule has 0 aromatic heterocycles. The summed E-state index contributed by atoms with van der Waals surface area (Å²) in [6.45, 7) is 7.97. The summed E-state index contributed by atoms with van der Waals surface area (Å²) in [5.74, 6) is -0.118. The molecule has 0 radical (unpaired) electrons. The number of phenols is 1. The minimum Gasteiger partial charge on any atom is -0.505 e. The van der Waals surface area contributed by atoms with Gasteiger partial charge in [0.15, 0.2) is 0 Å². The number of carbonyl (C=O) groups is 1. The fraction of sp³-hybridized carbons (Fsp3) is 0.552. The van der Waals surface area contributed by atoms with Gasteiger partial charge in [-0.25, -0.2) is 13.1 Å². The van der Waals surface area contributed by atoms with Crippen LogP contribution in [0.15, 0.2) is 47.4 Å². The molecule has 2 aromatic rings. The van der Waals surface area contributed by atoms with Crippen molar-refractivity contribution in [1.29, 1.82) is 0 Å². The number of sulfonamides is 1. The molecule has 0 saturated carbocycles. The first-order valence-corrected chi connectivity index (χ1v) is 15.1. The average Bonchev–Trinajstić information content (AvgIpc) is 2.87. The van der Waals surface area contributed by atoms with Gasteiger partial charge in [-0.05, 0) is 83.2 Å². The zero-order valence-corrected chi connectivity index (χ0v) is 24.2. The highest BCUT2D eigenvalue weighted by molar-refractivity contribution is 7.89. The second-order valence-corrected chi connectivity index (χ2v) is 12.4. The van der Waals surface area contributed by atoms with E-state index in [-0.39, 0.29) is 11.4 Å². The van der Waals surface area contributed by atoms with Crippen LogP contribution in [0, 0.1) is 0 Å². The van der Waals surface area contributed by atoms with Crippen molar-refractivity contribution < 1.29 is 28.2 Å². The van der Waals surface area contributed by atoms with Gasteiger partial charge >= 0.3 is 0 Å². The predicted molar refractivity (Wildman–Crippen MR) is 154 cm³/mol. The lowest BCUT2D eigenvalue weighted by atomic mass is 10.1. The van der Waals surface area contributed by atoms with E-state index in [4.69, 9.17) is 4.74 Å². The molecule has 10 heteroatoms. The van der Waals surface area contributed by atoms with Crippen molar-refractivity contribution in [3.63, 3.8) is 0 Å². The summed E-state index contributed by atoms with van der Waals surface area (Å²) in [6.07, 6.45) is 6.38. The number of hydrogen-bond acceptors (Lipinski definition) is 7. The molecule has 0 saturated heterocycles. The summed E-state index contributed by atoms with van der Waals surface area (Å²) >= 11 is 0. The van der Waals surface area contributed by atoms with E-state index in [1.165, 1.54) is 0 Å². The number of hydrogen-bond donors (Lipinski definition) is 5. The van der Waals surface area contributed by atoms with Crippen LogP contribution in [0.5, 0.6) is 5.75 Å². The standard InChI is InChI=1S/C29H45N3O6S/c1-29(2,3)32-39(36,37)24-14-10-13-23(20-24)12-6-9-19-38-18-8-5-4-7-17-30-21-27(34)25-15-11-16-26(28(25)35)31-22-33/h10-11,13-16,20,22,27,30,32,34-35H,4-9,12,17-19,21H2,1-3H3,(H,31,33)/t27-/m1/s1. The Morgan fingerprint density at radius 3 is 2.38 bits per heavy atom. The van der Waals surface area contributed by atoms with Crippen molar-refractivity contribution in [3.8, 4) is 5.75 Å². The maximum absolute atomic E-state index is 12.5. The molecule has 0 bridgehead atoms. The van der Waals surface area contributed by atoms with E-state index in [1.54, 1.807) is 36.4 Å². The van der Waals surface area contributed by atoms with Crippen LogP contribution in [0.25, 0.3) is 0 Å². The number of ether oxygens (including phenoxy) is 1. The summed E-state index contributed by atoms with van der Waals surface area (Å²) < 4.78 is 33.5. The third kappa shape index (κ3) is 12.5. The lowest BCUT2D eigenvalue weighted by Gasteiger charge is -2.20. The van der Waals surface area contributed by atoms with Crippen LogP contribution in [0.1, 0.15) is 76.5 Å². The zero-order valence-electron chi connectivity index (χ0n) is 23.4. The molecule has 2 aromatic carbocycles. The monoisotopic (exact) mass is 563 g/mol. The first-order valence-electron chi connectivity index (χ1n) is 13.6. The Balaban J connectivity index is 1.50. The van der Waals surface area contributed by atoms with Crippen LogP contribution in [0.4, 0.5) is 5.69 Å². The molecule has 2 rings (SSSR count). The number of benzene rings is 2. The fourth-order valence-corrected chi connectivity index (χ4v) is 5.62. The maximum atomic E-state index is 12.5. The number of rotatable bonds is 19.